The van der Waals surface area contributed by atoms with Crippen LogP contribution in [0.5, 0.6) is 0 Å². The van der Waals surface area contributed by atoms with Crippen molar-refractivity contribution < 1.29 is 13.2 Å². The van der Waals surface area contributed by atoms with Gasteiger partial charge in [-0.1, -0.05) is 24.4 Å². The van der Waals surface area contributed by atoms with E-state index in [2.05, 4.69) is 0 Å². The standard InChI is InChI=1S/C20H27ClN2O3S/c21-18-10-9-16(27(25,26)22-11-3-4-12-22)14-17(18)20(24)23-13-5-7-15-6-1-2-8-19(15)23/h9-10,14-15,19H,1-8,11-13H2. The van der Waals surface area contributed by atoms with Gasteiger partial charge in [0.15, 0.2) is 0 Å². The number of carbonyl (C=O) groups excluding carboxylic acids is 1. The molecular formula is C20H27ClN2O3S. The average molecular weight is 411 g/mol. The van der Waals surface area contributed by atoms with Gasteiger partial charge in [-0.2, -0.15) is 4.31 Å². The molecule has 1 saturated carbocycles. The van der Waals surface area contributed by atoms with Crippen molar-refractivity contribution in [2.75, 3.05) is 19.6 Å². The van der Waals surface area contributed by atoms with Crippen LogP contribution in [0.25, 0.3) is 0 Å². The van der Waals surface area contributed by atoms with Gasteiger partial charge in [0.2, 0.25) is 10.0 Å². The second-order valence-corrected chi connectivity index (χ2v) is 10.4. The van der Waals surface area contributed by atoms with E-state index in [1.807, 2.05) is 4.90 Å². The van der Waals surface area contributed by atoms with Crippen LogP contribution in [0.2, 0.25) is 5.02 Å². The Morgan fingerprint density at radius 2 is 1.67 bits per heavy atom. The second kappa shape index (κ2) is 7.72. The maximum atomic E-state index is 13.3. The molecule has 5 nitrogen and oxygen atoms in total. The van der Waals surface area contributed by atoms with Gasteiger partial charge in [-0.05, 0) is 62.6 Å². The van der Waals surface area contributed by atoms with Gasteiger partial charge < -0.3 is 4.90 Å². The predicted octanol–water partition coefficient (Wildman–Crippen LogP) is 3.92. The van der Waals surface area contributed by atoms with Gasteiger partial charge >= 0.3 is 0 Å². The lowest BCUT2D eigenvalue weighted by Gasteiger charge is -2.44. The van der Waals surface area contributed by atoms with Crippen LogP contribution in [0, 0.1) is 5.92 Å². The summed E-state index contributed by atoms with van der Waals surface area (Å²) in [7, 11) is -3.56. The zero-order valence-electron chi connectivity index (χ0n) is 15.6. The van der Waals surface area contributed by atoms with Crippen LogP contribution in [0.15, 0.2) is 23.1 Å². The molecule has 148 valence electrons. The molecule has 3 aliphatic rings. The molecule has 2 unspecified atom stereocenters. The predicted molar refractivity (Wildman–Crippen MR) is 105 cm³/mol. The first-order valence-corrected chi connectivity index (χ1v) is 11.9. The van der Waals surface area contributed by atoms with Crippen molar-refractivity contribution in [1.29, 1.82) is 0 Å². The Morgan fingerprint density at radius 3 is 2.44 bits per heavy atom. The normalized spacial score (nSPS) is 26.8. The Morgan fingerprint density at radius 1 is 0.963 bits per heavy atom. The summed E-state index contributed by atoms with van der Waals surface area (Å²) in [5.41, 5.74) is 0.322. The number of hydrogen-bond donors (Lipinski definition) is 0. The maximum Gasteiger partial charge on any atom is 0.255 e. The minimum atomic E-state index is -3.56. The molecule has 27 heavy (non-hydrogen) atoms. The first-order valence-electron chi connectivity index (χ1n) is 10.1. The SMILES string of the molecule is O=C(c1cc(S(=O)(=O)N2CCCC2)ccc1Cl)N1CCCC2CCCCC21. The van der Waals surface area contributed by atoms with Crippen LogP contribution in [-0.4, -0.2) is 49.2 Å². The lowest BCUT2D eigenvalue weighted by molar-refractivity contribution is 0.0390. The third kappa shape index (κ3) is 3.64. The van der Waals surface area contributed by atoms with Gasteiger partial charge in [-0.15, -0.1) is 0 Å². The summed E-state index contributed by atoms with van der Waals surface area (Å²) in [6, 6.07) is 4.84. The maximum absolute atomic E-state index is 13.3. The monoisotopic (exact) mass is 410 g/mol. The quantitative estimate of drug-likeness (QED) is 0.758. The molecule has 1 aliphatic carbocycles. The van der Waals surface area contributed by atoms with E-state index in [4.69, 9.17) is 11.6 Å². The summed E-state index contributed by atoms with van der Waals surface area (Å²) in [5.74, 6) is 0.460. The molecule has 0 aromatic heterocycles. The highest BCUT2D eigenvalue weighted by molar-refractivity contribution is 7.89. The first kappa shape index (κ1) is 19.2. The molecule has 2 heterocycles. The molecule has 4 rings (SSSR count). The zero-order chi connectivity index (χ0) is 19.0. The molecule has 1 aromatic carbocycles. The minimum absolute atomic E-state index is 0.116. The van der Waals surface area contributed by atoms with E-state index < -0.39 is 10.0 Å². The Labute approximate surface area is 166 Å². The smallest absolute Gasteiger partial charge is 0.255 e. The summed E-state index contributed by atoms with van der Waals surface area (Å²) in [4.78, 5) is 15.4. The summed E-state index contributed by atoms with van der Waals surface area (Å²) in [5, 5.41) is 0.332. The minimum Gasteiger partial charge on any atom is -0.335 e. The summed E-state index contributed by atoms with van der Waals surface area (Å²) < 4.78 is 27.3. The Bertz CT molecular complexity index is 819. The molecule has 7 heteroatoms. The highest BCUT2D eigenvalue weighted by Gasteiger charge is 2.37. The van der Waals surface area contributed by atoms with Crippen molar-refractivity contribution in [3.8, 4) is 0 Å². The fourth-order valence-corrected chi connectivity index (χ4v) is 6.68. The fraction of sp³-hybridized carbons (Fsp3) is 0.650. The second-order valence-electron chi connectivity index (χ2n) is 8.01. The van der Waals surface area contributed by atoms with Gasteiger partial charge in [0, 0.05) is 25.7 Å². The highest BCUT2D eigenvalue weighted by Crippen LogP contribution is 2.37. The number of amides is 1. The van der Waals surface area contributed by atoms with Crippen molar-refractivity contribution >= 4 is 27.5 Å². The number of likely N-dealkylation sites (tertiary alicyclic amines) is 1. The molecule has 3 fully saturated rings. The van der Waals surface area contributed by atoms with Crippen molar-refractivity contribution in [2.24, 2.45) is 5.92 Å². The molecule has 0 N–H and O–H groups in total. The summed E-state index contributed by atoms with van der Waals surface area (Å²) in [6.07, 6.45) is 8.59. The van der Waals surface area contributed by atoms with Crippen LogP contribution in [0.1, 0.15) is 61.7 Å². The third-order valence-corrected chi connectivity index (χ3v) is 8.60. The van der Waals surface area contributed by atoms with E-state index in [0.717, 1.165) is 38.6 Å². The van der Waals surface area contributed by atoms with Crippen LogP contribution < -0.4 is 0 Å². The Balaban J connectivity index is 1.64. The fourth-order valence-electron chi connectivity index (χ4n) is 4.94. The average Bonchev–Trinajstić information content (AvgIpc) is 3.23. The van der Waals surface area contributed by atoms with Gasteiger partial charge in [0.05, 0.1) is 15.5 Å². The molecule has 0 radical (unpaired) electrons. The number of fused-ring (bicyclic) bond motifs is 1. The topological polar surface area (TPSA) is 57.7 Å². The molecule has 2 atom stereocenters. The molecule has 1 aromatic rings. The number of sulfonamides is 1. The molecule has 0 bridgehead atoms. The molecule has 1 amide bonds. The number of piperidine rings is 1. The number of rotatable bonds is 3. The zero-order valence-corrected chi connectivity index (χ0v) is 17.1. The summed E-state index contributed by atoms with van der Waals surface area (Å²) >= 11 is 6.34. The van der Waals surface area contributed by atoms with Crippen LogP contribution in [0.3, 0.4) is 0 Å². The van der Waals surface area contributed by atoms with E-state index >= 15 is 0 Å². The van der Waals surface area contributed by atoms with E-state index in [1.54, 1.807) is 6.07 Å². The van der Waals surface area contributed by atoms with Crippen LogP contribution in [0.4, 0.5) is 0 Å². The number of benzene rings is 1. The Hall–Kier alpha value is -1.11. The number of carbonyl (C=O) groups is 1. The number of hydrogen-bond acceptors (Lipinski definition) is 3. The van der Waals surface area contributed by atoms with Gasteiger partial charge in [-0.25, -0.2) is 8.42 Å². The van der Waals surface area contributed by atoms with Crippen molar-refractivity contribution in [3.63, 3.8) is 0 Å². The third-order valence-electron chi connectivity index (χ3n) is 6.38. The molecular weight excluding hydrogens is 384 g/mol. The van der Waals surface area contributed by atoms with Gasteiger partial charge in [-0.3, -0.25) is 4.79 Å². The van der Waals surface area contributed by atoms with Crippen LogP contribution >= 0.6 is 11.6 Å². The lowest BCUT2D eigenvalue weighted by atomic mass is 9.78. The van der Waals surface area contributed by atoms with E-state index in [1.165, 1.54) is 35.7 Å². The summed E-state index contributed by atoms with van der Waals surface area (Å²) in [6.45, 7) is 1.83. The van der Waals surface area contributed by atoms with E-state index in [-0.39, 0.29) is 16.8 Å². The van der Waals surface area contributed by atoms with Crippen molar-refractivity contribution in [1.82, 2.24) is 9.21 Å². The largest absolute Gasteiger partial charge is 0.335 e. The van der Waals surface area contributed by atoms with Crippen LogP contribution in [-0.2, 0) is 10.0 Å². The molecule has 0 spiro atoms. The molecule has 2 aliphatic heterocycles. The number of halogens is 1. The first-order chi connectivity index (χ1) is 13.0. The molecule has 2 saturated heterocycles. The lowest BCUT2D eigenvalue weighted by Crippen LogP contribution is -2.49. The van der Waals surface area contributed by atoms with Gasteiger partial charge in [0.1, 0.15) is 0 Å². The van der Waals surface area contributed by atoms with E-state index in [0.29, 0.717) is 29.6 Å². The van der Waals surface area contributed by atoms with Gasteiger partial charge in [0.25, 0.3) is 5.91 Å². The van der Waals surface area contributed by atoms with E-state index in [9.17, 15) is 13.2 Å². The van der Waals surface area contributed by atoms with Crippen molar-refractivity contribution in [3.05, 3.63) is 28.8 Å². The Kier molecular flexibility index (Phi) is 5.50. The number of nitrogens with zero attached hydrogens (tertiary/aromatic N) is 2. The van der Waals surface area contributed by atoms with Crippen molar-refractivity contribution in [2.45, 2.75) is 62.3 Å². The highest BCUT2D eigenvalue weighted by atomic mass is 35.5.